The van der Waals surface area contributed by atoms with Crippen LogP contribution in [0.3, 0.4) is 0 Å². The second kappa shape index (κ2) is 7.16. The highest BCUT2D eigenvalue weighted by Gasteiger charge is 2.30. The van der Waals surface area contributed by atoms with Gasteiger partial charge in [-0.15, -0.1) is 0 Å². The average Bonchev–Trinajstić information content (AvgIpc) is 2.27. The molecule has 1 rings (SSSR count). The molecule has 0 aliphatic rings. The summed E-state index contributed by atoms with van der Waals surface area (Å²) in [7, 11) is 0. The first-order valence-electron chi connectivity index (χ1n) is 4.95. The van der Waals surface area contributed by atoms with Crippen molar-refractivity contribution in [3.05, 3.63) is 35.4 Å². The van der Waals surface area contributed by atoms with Gasteiger partial charge in [0.15, 0.2) is 0 Å². The minimum Gasteiger partial charge on any atom is -0.481 e. The van der Waals surface area contributed by atoms with Gasteiger partial charge in [-0.25, -0.2) is 0 Å². The molecule has 19 heavy (non-hydrogen) atoms. The van der Waals surface area contributed by atoms with E-state index < -0.39 is 17.7 Å². The summed E-state index contributed by atoms with van der Waals surface area (Å²) in [6, 6.07) is 5.93. The van der Waals surface area contributed by atoms with E-state index in [1.54, 1.807) is 6.07 Å². The fourth-order valence-electron chi connectivity index (χ4n) is 0.978. The van der Waals surface area contributed by atoms with Gasteiger partial charge < -0.3 is 5.11 Å². The van der Waals surface area contributed by atoms with Gasteiger partial charge in [0.05, 0.1) is 17.2 Å². The van der Waals surface area contributed by atoms with E-state index >= 15 is 0 Å². The van der Waals surface area contributed by atoms with Crippen LogP contribution in [0.15, 0.2) is 24.3 Å². The molecule has 4 nitrogen and oxygen atoms in total. The second-order valence-corrected chi connectivity index (χ2v) is 3.46. The third-order valence-corrected chi connectivity index (χ3v) is 1.72. The molecule has 0 spiro atoms. The van der Waals surface area contributed by atoms with Crippen LogP contribution in [-0.4, -0.2) is 16.9 Å². The van der Waals surface area contributed by atoms with Crippen LogP contribution in [0.4, 0.5) is 13.2 Å². The maximum atomic E-state index is 12.0. The SMILES string of the molecule is CC(=O)CC(=O)O.N#Cc1cccc(C(F)(F)F)c1. The number of nitriles is 1. The van der Waals surface area contributed by atoms with Crippen molar-refractivity contribution < 1.29 is 27.9 Å². The lowest BCUT2D eigenvalue weighted by Gasteiger charge is -2.05. The van der Waals surface area contributed by atoms with Gasteiger partial charge in [0.1, 0.15) is 12.2 Å². The molecule has 0 radical (unpaired) electrons. The zero-order valence-corrected chi connectivity index (χ0v) is 9.86. The molecule has 0 bridgehead atoms. The van der Waals surface area contributed by atoms with Crippen LogP contribution in [0.2, 0.25) is 0 Å². The third kappa shape index (κ3) is 7.54. The number of ketones is 1. The minimum absolute atomic E-state index is 0.0184. The number of carboxylic acid groups (broad SMARTS) is 1. The maximum Gasteiger partial charge on any atom is 0.416 e. The highest BCUT2D eigenvalue weighted by Crippen LogP contribution is 2.29. The third-order valence-electron chi connectivity index (χ3n) is 1.72. The molecule has 0 aliphatic carbocycles. The number of carboxylic acids is 1. The van der Waals surface area contributed by atoms with Gasteiger partial charge in [-0.1, -0.05) is 6.07 Å². The molecule has 1 aromatic rings. The fraction of sp³-hybridized carbons (Fsp3) is 0.250. The average molecular weight is 273 g/mol. The Balaban J connectivity index is 0.000000399. The lowest BCUT2D eigenvalue weighted by atomic mass is 10.1. The number of halogens is 3. The molecule has 0 amide bonds. The van der Waals surface area contributed by atoms with Crippen molar-refractivity contribution in [2.45, 2.75) is 19.5 Å². The van der Waals surface area contributed by atoms with Gasteiger partial charge in [0.25, 0.3) is 0 Å². The van der Waals surface area contributed by atoms with Crippen molar-refractivity contribution in [1.82, 2.24) is 0 Å². The lowest BCUT2D eigenvalue weighted by molar-refractivity contribution is -0.140. The molecule has 7 heteroatoms. The summed E-state index contributed by atoms with van der Waals surface area (Å²) >= 11 is 0. The maximum absolute atomic E-state index is 12.0. The predicted octanol–water partition coefficient (Wildman–Crippen LogP) is 2.63. The van der Waals surface area contributed by atoms with Crippen molar-refractivity contribution >= 4 is 11.8 Å². The molecule has 0 unspecified atom stereocenters. The van der Waals surface area contributed by atoms with Gasteiger partial charge in [-0.3, -0.25) is 9.59 Å². The smallest absolute Gasteiger partial charge is 0.416 e. The largest absolute Gasteiger partial charge is 0.481 e. The van der Waals surface area contributed by atoms with E-state index in [2.05, 4.69) is 0 Å². The standard InChI is InChI=1S/C8H4F3N.C4H6O3/c9-8(10,11)7-3-1-2-6(4-7)5-12;1-3(5)2-4(6)7/h1-4H;2H2,1H3,(H,6,7). The van der Waals surface area contributed by atoms with E-state index in [-0.39, 0.29) is 17.8 Å². The zero-order chi connectivity index (χ0) is 15.1. The van der Waals surface area contributed by atoms with E-state index in [4.69, 9.17) is 10.4 Å². The van der Waals surface area contributed by atoms with Crippen molar-refractivity contribution in [3.8, 4) is 6.07 Å². The number of hydrogen-bond acceptors (Lipinski definition) is 3. The van der Waals surface area contributed by atoms with Crippen LogP contribution in [0, 0.1) is 11.3 Å². The van der Waals surface area contributed by atoms with Crippen LogP contribution >= 0.6 is 0 Å². The molecule has 0 heterocycles. The molecule has 0 aromatic heterocycles. The first kappa shape index (κ1) is 16.6. The van der Waals surface area contributed by atoms with Crippen LogP contribution in [0.1, 0.15) is 24.5 Å². The van der Waals surface area contributed by atoms with Gasteiger partial charge in [-0.2, -0.15) is 18.4 Å². The molecule has 0 aliphatic heterocycles. The monoisotopic (exact) mass is 273 g/mol. The van der Waals surface area contributed by atoms with Crippen molar-refractivity contribution in [2.24, 2.45) is 0 Å². The second-order valence-electron chi connectivity index (χ2n) is 3.46. The first-order chi connectivity index (χ1) is 8.66. The molecule has 0 atom stereocenters. The summed E-state index contributed by atoms with van der Waals surface area (Å²) in [6.07, 6.45) is -4.73. The summed E-state index contributed by atoms with van der Waals surface area (Å²) in [4.78, 5) is 19.5. The van der Waals surface area contributed by atoms with Crippen LogP contribution in [0.25, 0.3) is 0 Å². The topological polar surface area (TPSA) is 78.2 Å². The van der Waals surface area contributed by atoms with Gasteiger partial charge in [0.2, 0.25) is 0 Å². The van der Waals surface area contributed by atoms with E-state index in [1.807, 2.05) is 0 Å². The van der Waals surface area contributed by atoms with Crippen LogP contribution in [0.5, 0.6) is 0 Å². The molecule has 1 aromatic carbocycles. The number of alkyl halides is 3. The Bertz CT molecular complexity index is 492. The Morgan fingerprint density at radius 1 is 1.37 bits per heavy atom. The van der Waals surface area contributed by atoms with E-state index in [0.717, 1.165) is 12.1 Å². The number of rotatable bonds is 2. The highest BCUT2D eigenvalue weighted by atomic mass is 19.4. The Kier molecular flexibility index (Phi) is 6.27. The predicted molar refractivity (Wildman–Crippen MR) is 59.1 cm³/mol. The number of Topliss-reactive ketones (excluding diaryl/α,β-unsaturated/α-hetero) is 1. The molecular weight excluding hydrogens is 263 g/mol. The van der Waals surface area contributed by atoms with Gasteiger partial charge >= 0.3 is 12.1 Å². The highest BCUT2D eigenvalue weighted by molar-refractivity contribution is 5.93. The summed E-state index contributed by atoms with van der Waals surface area (Å²) < 4.78 is 36.0. The molecule has 102 valence electrons. The number of nitrogens with zero attached hydrogens (tertiary/aromatic N) is 1. The fourth-order valence-corrected chi connectivity index (χ4v) is 0.978. The summed E-state index contributed by atoms with van der Waals surface area (Å²) in [5.74, 6) is -1.37. The molecule has 1 N–H and O–H groups in total. The Hall–Kier alpha value is -2.36. The zero-order valence-electron chi connectivity index (χ0n) is 9.86. The molecular formula is C12H10F3NO3. The molecule has 0 saturated heterocycles. The van der Waals surface area contributed by atoms with Gasteiger partial charge in [0, 0.05) is 0 Å². The molecule has 0 fully saturated rings. The summed E-state index contributed by atoms with van der Waals surface area (Å²) in [5, 5.41) is 16.2. The Labute approximate surface area is 107 Å². The number of hydrogen-bond donors (Lipinski definition) is 1. The van der Waals surface area contributed by atoms with Crippen molar-refractivity contribution in [2.75, 3.05) is 0 Å². The van der Waals surface area contributed by atoms with Crippen molar-refractivity contribution in [3.63, 3.8) is 0 Å². The molecule has 0 saturated carbocycles. The number of benzene rings is 1. The van der Waals surface area contributed by atoms with Gasteiger partial charge in [-0.05, 0) is 25.1 Å². The van der Waals surface area contributed by atoms with E-state index in [1.165, 1.54) is 19.1 Å². The van der Waals surface area contributed by atoms with E-state index in [0.29, 0.717) is 0 Å². The first-order valence-corrected chi connectivity index (χ1v) is 4.95. The normalized spacial score (nSPS) is 9.84. The number of carbonyl (C=O) groups excluding carboxylic acids is 1. The number of carbonyl (C=O) groups is 2. The quantitative estimate of drug-likeness (QED) is 0.840. The van der Waals surface area contributed by atoms with Crippen LogP contribution in [-0.2, 0) is 15.8 Å². The lowest BCUT2D eigenvalue weighted by Crippen LogP contribution is -2.04. The Morgan fingerprint density at radius 2 is 1.95 bits per heavy atom. The van der Waals surface area contributed by atoms with E-state index in [9.17, 15) is 22.8 Å². The minimum atomic E-state index is -4.37. The summed E-state index contributed by atoms with van der Waals surface area (Å²) in [6.45, 7) is 1.24. The van der Waals surface area contributed by atoms with Crippen molar-refractivity contribution in [1.29, 1.82) is 5.26 Å². The summed E-state index contributed by atoms with van der Waals surface area (Å²) in [5.41, 5.74) is -0.772. The Morgan fingerprint density at radius 3 is 2.26 bits per heavy atom. The van der Waals surface area contributed by atoms with Crippen LogP contribution < -0.4 is 0 Å². The number of aliphatic carboxylic acids is 1.